The summed E-state index contributed by atoms with van der Waals surface area (Å²) in [4.78, 5) is 8.49. The summed E-state index contributed by atoms with van der Waals surface area (Å²) in [5, 5.41) is 0.107. The summed E-state index contributed by atoms with van der Waals surface area (Å²) in [5.74, 6) is -0.594. The van der Waals surface area contributed by atoms with Gasteiger partial charge in [0.15, 0.2) is 0 Å². The molecule has 2 aromatic rings. The summed E-state index contributed by atoms with van der Waals surface area (Å²) in [6.45, 7) is 0.827. The standard InChI is InChI=1S/C23H28ClFN2O/c24-19-15-18(16-27-21(19)25)7-1-3-9-22(20-8-2-6-13-26-20)12-14-28-23(17-22)10-4-5-11-23/h2,6,8,13,15-16H,1,3-5,7,9-12,14,17H2/t22-/m1/s1. The van der Waals surface area contributed by atoms with Crippen LogP contribution in [0.3, 0.4) is 0 Å². The second-order valence-electron chi connectivity index (χ2n) is 8.48. The molecule has 1 aliphatic heterocycles. The number of pyridine rings is 2. The van der Waals surface area contributed by atoms with E-state index in [2.05, 4.69) is 17.1 Å². The number of ether oxygens (including phenoxy) is 1. The molecule has 0 N–H and O–H groups in total. The van der Waals surface area contributed by atoms with Gasteiger partial charge in [-0.2, -0.15) is 4.39 Å². The Morgan fingerprint density at radius 2 is 1.96 bits per heavy atom. The number of rotatable bonds is 6. The summed E-state index contributed by atoms with van der Waals surface area (Å²) in [7, 11) is 0. The molecule has 1 atom stereocenters. The third-order valence-corrected chi connectivity index (χ3v) is 6.86. The Morgan fingerprint density at radius 1 is 1.11 bits per heavy atom. The molecule has 1 spiro atoms. The summed E-state index contributed by atoms with van der Waals surface area (Å²) >= 11 is 5.86. The smallest absolute Gasteiger partial charge is 0.231 e. The first-order valence-corrected chi connectivity index (χ1v) is 10.8. The molecule has 3 nitrogen and oxygen atoms in total. The number of halogens is 2. The number of hydrogen-bond donors (Lipinski definition) is 0. The SMILES string of the molecule is Fc1ncc(CCCC[C@@]2(c3ccccn3)CCOC3(CCCC3)C2)cc1Cl. The van der Waals surface area contributed by atoms with Gasteiger partial charge in [-0.05, 0) is 68.7 Å². The van der Waals surface area contributed by atoms with Crippen LogP contribution in [0.25, 0.3) is 0 Å². The number of aromatic nitrogens is 2. The average molecular weight is 403 g/mol. The molecule has 2 aliphatic rings. The molecule has 150 valence electrons. The van der Waals surface area contributed by atoms with Crippen molar-refractivity contribution in [3.05, 3.63) is 58.9 Å². The van der Waals surface area contributed by atoms with Gasteiger partial charge in [0.2, 0.25) is 5.95 Å². The Balaban J connectivity index is 1.45. The van der Waals surface area contributed by atoms with Crippen LogP contribution in [0.5, 0.6) is 0 Å². The van der Waals surface area contributed by atoms with Gasteiger partial charge in [-0.25, -0.2) is 4.98 Å². The van der Waals surface area contributed by atoms with Crippen LogP contribution < -0.4 is 0 Å². The fraction of sp³-hybridized carbons (Fsp3) is 0.565. The van der Waals surface area contributed by atoms with E-state index in [-0.39, 0.29) is 16.0 Å². The first-order chi connectivity index (χ1) is 13.6. The van der Waals surface area contributed by atoms with Crippen LogP contribution in [0.15, 0.2) is 36.7 Å². The lowest BCUT2D eigenvalue weighted by Crippen LogP contribution is -2.46. The Hall–Kier alpha value is -1.52. The third-order valence-electron chi connectivity index (χ3n) is 6.60. The van der Waals surface area contributed by atoms with E-state index in [1.54, 1.807) is 12.3 Å². The predicted molar refractivity (Wildman–Crippen MR) is 109 cm³/mol. The summed E-state index contributed by atoms with van der Waals surface area (Å²) in [6, 6.07) is 7.98. The lowest BCUT2D eigenvalue weighted by molar-refractivity contribution is -0.104. The molecule has 4 rings (SSSR count). The lowest BCUT2D eigenvalue weighted by Gasteiger charge is -2.46. The van der Waals surface area contributed by atoms with Gasteiger partial charge in [0.25, 0.3) is 0 Å². The molecular weight excluding hydrogens is 375 g/mol. The van der Waals surface area contributed by atoms with Gasteiger partial charge >= 0.3 is 0 Å². The van der Waals surface area contributed by atoms with Crippen LogP contribution in [0.4, 0.5) is 4.39 Å². The highest BCUT2D eigenvalue weighted by Crippen LogP contribution is 2.50. The number of aryl methyl sites for hydroxylation is 1. The van der Waals surface area contributed by atoms with E-state index in [0.29, 0.717) is 0 Å². The molecule has 1 saturated heterocycles. The van der Waals surface area contributed by atoms with Gasteiger partial charge in [0.05, 0.1) is 10.6 Å². The van der Waals surface area contributed by atoms with Crippen LogP contribution in [0, 0.1) is 5.95 Å². The van der Waals surface area contributed by atoms with Gasteiger partial charge in [-0.15, -0.1) is 0 Å². The van der Waals surface area contributed by atoms with Crippen LogP contribution in [-0.4, -0.2) is 22.2 Å². The van der Waals surface area contributed by atoms with Crippen molar-refractivity contribution in [3.8, 4) is 0 Å². The maximum atomic E-state index is 13.3. The topological polar surface area (TPSA) is 35.0 Å². The largest absolute Gasteiger partial charge is 0.375 e. The van der Waals surface area contributed by atoms with E-state index in [9.17, 15) is 4.39 Å². The molecule has 28 heavy (non-hydrogen) atoms. The van der Waals surface area contributed by atoms with Gasteiger partial charge < -0.3 is 4.74 Å². The van der Waals surface area contributed by atoms with Crippen molar-refractivity contribution in [2.75, 3.05) is 6.61 Å². The molecule has 1 aliphatic carbocycles. The van der Waals surface area contributed by atoms with Crippen molar-refractivity contribution in [1.29, 1.82) is 0 Å². The Kier molecular flexibility index (Phi) is 5.98. The van der Waals surface area contributed by atoms with Gasteiger partial charge in [0, 0.05) is 30.1 Å². The second-order valence-corrected chi connectivity index (χ2v) is 8.89. The molecule has 0 aromatic carbocycles. The number of nitrogens with zero attached hydrogens (tertiary/aromatic N) is 2. The van der Waals surface area contributed by atoms with Gasteiger partial charge in [-0.3, -0.25) is 4.98 Å². The van der Waals surface area contributed by atoms with Gasteiger partial charge in [0.1, 0.15) is 0 Å². The van der Waals surface area contributed by atoms with Crippen molar-refractivity contribution in [1.82, 2.24) is 9.97 Å². The van der Waals surface area contributed by atoms with E-state index in [4.69, 9.17) is 21.3 Å². The van der Waals surface area contributed by atoms with Crippen molar-refractivity contribution in [3.63, 3.8) is 0 Å². The first-order valence-electron chi connectivity index (χ1n) is 10.5. The summed E-state index contributed by atoms with van der Waals surface area (Å²) in [6.07, 6.45) is 14.7. The summed E-state index contributed by atoms with van der Waals surface area (Å²) in [5.41, 5.74) is 2.38. The minimum Gasteiger partial charge on any atom is -0.375 e. The minimum atomic E-state index is -0.594. The molecular formula is C23H28ClFN2O. The van der Waals surface area contributed by atoms with Crippen LogP contribution in [0.2, 0.25) is 5.02 Å². The second kappa shape index (κ2) is 8.46. The molecule has 1 saturated carbocycles. The van der Waals surface area contributed by atoms with Crippen LogP contribution in [-0.2, 0) is 16.6 Å². The van der Waals surface area contributed by atoms with E-state index in [1.807, 2.05) is 12.3 Å². The Bertz CT molecular complexity index is 794. The van der Waals surface area contributed by atoms with E-state index in [0.717, 1.165) is 50.7 Å². The van der Waals surface area contributed by atoms with Crippen LogP contribution in [0.1, 0.15) is 69.0 Å². The zero-order chi connectivity index (χ0) is 19.5. The fourth-order valence-corrected chi connectivity index (χ4v) is 5.38. The predicted octanol–water partition coefficient (Wildman–Crippen LogP) is 6.04. The maximum Gasteiger partial charge on any atom is 0.231 e. The zero-order valence-corrected chi connectivity index (χ0v) is 17.1. The zero-order valence-electron chi connectivity index (χ0n) is 16.3. The van der Waals surface area contributed by atoms with Crippen molar-refractivity contribution < 1.29 is 9.13 Å². The molecule has 0 unspecified atom stereocenters. The first kappa shape index (κ1) is 19.8. The number of hydrogen-bond acceptors (Lipinski definition) is 3. The Labute approximate surface area is 171 Å². The highest BCUT2D eigenvalue weighted by atomic mass is 35.5. The average Bonchev–Trinajstić information content (AvgIpc) is 3.16. The van der Waals surface area contributed by atoms with Crippen molar-refractivity contribution >= 4 is 11.6 Å². The molecule has 0 radical (unpaired) electrons. The monoisotopic (exact) mass is 402 g/mol. The van der Waals surface area contributed by atoms with Crippen molar-refractivity contribution in [2.45, 2.75) is 75.2 Å². The maximum absolute atomic E-state index is 13.3. The number of unbranched alkanes of at least 4 members (excludes halogenated alkanes) is 1. The Morgan fingerprint density at radius 3 is 2.71 bits per heavy atom. The van der Waals surface area contributed by atoms with Gasteiger partial charge in [-0.1, -0.05) is 36.9 Å². The van der Waals surface area contributed by atoms with Crippen molar-refractivity contribution in [2.24, 2.45) is 0 Å². The molecule has 2 fully saturated rings. The third kappa shape index (κ3) is 4.23. The van der Waals surface area contributed by atoms with E-state index >= 15 is 0 Å². The summed E-state index contributed by atoms with van der Waals surface area (Å²) < 4.78 is 19.6. The minimum absolute atomic E-state index is 0.0597. The highest BCUT2D eigenvalue weighted by molar-refractivity contribution is 6.30. The highest BCUT2D eigenvalue weighted by Gasteiger charge is 2.48. The molecule has 0 amide bonds. The normalized spacial score (nSPS) is 23.9. The fourth-order valence-electron chi connectivity index (χ4n) is 5.19. The molecule has 5 heteroatoms. The molecule has 3 heterocycles. The lowest BCUT2D eigenvalue weighted by atomic mass is 9.67. The molecule has 0 bridgehead atoms. The van der Waals surface area contributed by atoms with Crippen LogP contribution >= 0.6 is 11.6 Å². The molecule has 2 aromatic heterocycles. The quantitative estimate of drug-likeness (QED) is 0.436. The van der Waals surface area contributed by atoms with E-state index < -0.39 is 5.95 Å². The van der Waals surface area contributed by atoms with E-state index in [1.165, 1.54) is 31.4 Å².